The lowest BCUT2D eigenvalue weighted by Crippen LogP contribution is -2.51. The molecule has 0 bridgehead atoms. The molecule has 4 heteroatoms. The van der Waals surface area contributed by atoms with E-state index in [1.807, 2.05) is 10.9 Å². The average Bonchev–Trinajstić information content (AvgIpc) is 3.20. The Kier molecular flexibility index (Phi) is 4.83. The van der Waals surface area contributed by atoms with Crippen molar-refractivity contribution >= 4 is 6.08 Å². The topological polar surface area (TPSA) is 58.3 Å². The Bertz CT molecular complexity index is 899. The summed E-state index contributed by atoms with van der Waals surface area (Å²) in [5.41, 5.74) is 5.30. The maximum Gasteiger partial charge on any atom is 0.0809 e. The summed E-state index contributed by atoms with van der Waals surface area (Å²) in [7, 11) is 0. The minimum atomic E-state index is -0.348. The third-order valence-corrected chi connectivity index (χ3v) is 9.73. The monoisotopic (exact) mass is 410 g/mol. The summed E-state index contributed by atoms with van der Waals surface area (Å²) < 4.78 is 2.03. The lowest BCUT2D eigenvalue weighted by Gasteiger charge is -2.57. The van der Waals surface area contributed by atoms with Crippen molar-refractivity contribution in [3.63, 3.8) is 0 Å². The van der Waals surface area contributed by atoms with Crippen molar-refractivity contribution in [3.8, 4) is 0 Å². The molecular weight excluding hydrogens is 372 g/mol. The van der Waals surface area contributed by atoms with E-state index >= 15 is 0 Å². The molecule has 4 aliphatic carbocycles. The fourth-order valence-corrected chi connectivity index (χ4v) is 7.76. The Morgan fingerprint density at radius 2 is 1.97 bits per heavy atom. The number of aliphatic hydroxyl groups is 2. The van der Waals surface area contributed by atoms with E-state index in [1.54, 1.807) is 0 Å². The quantitative estimate of drug-likeness (QED) is 0.683. The first kappa shape index (κ1) is 20.5. The van der Waals surface area contributed by atoms with Gasteiger partial charge in [0.2, 0.25) is 0 Å². The predicted octanol–water partition coefficient (Wildman–Crippen LogP) is 4.89. The maximum atomic E-state index is 11.4. The third kappa shape index (κ3) is 2.82. The van der Waals surface area contributed by atoms with Gasteiger partial charge in [0.25, 0.3) is 0 Å². The number of aryl methyl sites for hydroxylation is 1. The third-order valence-electron chi connectivity index (χ3n) is 9.73. The number of nitrogens with zero attached hydrogens (tertiary/aromatic N) is 2. The number of hydrogen-bond acceptors (Lipinski definition) is 3. The number of aromatic nitrogens is 2. The lowest BCUT2D eigenvalue weighted by atomic mass is 9.48. The molecule has 3 fully saturated rings. The highest BCUT2D eigenvalue weighted by Gasteiger charge is 2.59. The normalized spacial score (nSPS) is 44.4. The molecule has 164 valence electrons. The van der Waals surface area contributed by atoms with Gasteiger partial charge in [0.1, 0.15) is 0 Å². The molecule has 0 spiro atoms. The smallest absolute Gasteiger partial charge is 0.0809 e. The number of rotatable bonds is 2. The van der Waals surface area contributed by atoms with Crippen LogP contribution in [-0.2, 0) is 6.54 Å². The second kappa shape index (κ2) is 7.06. The summed E-state index contributed by atoms with van der Waals surface area (Å²) in [5, 5.41) is 26.1. The van der Waals surface area contributed by atoms with Crippen molar-refractivity contribution in [2.45, 2.75) is 91.4 Å². The summed E-state index contributed by atoms with van der Waals surface area (Å²) in [6, 6.07) is 0. The van der Waals surface area contributed by atoms with Crippen LogP contribution in [0.25, 0.3) is 6.08 Å². The minimum Gasteiger partial charge on any atom is -0.393 e. The summed E-state index contributed by atoms with van der Waals surface area (Å²) >= 11 is 0. The van der Waals surface area contributed by atoms with E-state index in [0.29, 0.717) is 17.8 Å². The Morgan fingerprint density at radius 1 is 1.17 bits per heavy atom. The van der Waals surface area contributed by atoms with E-state index in [9.17, 15) is 10.2 Å². The van der Waals surface area contributed by atoms with Crippen LogP contribution in [0.4, 0.5) is 0 Å². The van der Waals surface area contributed by atoms with Crippen LogP contribution in [0.5, 0.6) is 0 Å². The van der Waals surface area contributed by atoms with Crippen LogP contribution in [0.3, 0.4) is 0 Å². The van der Waals surface area contributed by atoms with E-state index in [-0.39, 0.29) is 23.0 Å². The molecule has 0 aliphatic heterocycles. The molecular formula is C26H38N2O2. The second-order valence-corrected chi connectivity index (χ2v) is 11.0. The molecule has 1 heterocycles. The molecule has 0 unspecified atom stereocenters. The minimum absolute atomic E-state index is 0.0163. The van der Waals surface area contributed by atoms with E-state index in [0.717, 1.165) is 50.6 Å². The van der Waals surface area contributed by atoms with Crippen molar-refractivity contribution in [3.05, 3.63) is 34.7 Å². The molecule has 0 radical (unpaired) electrons. The lowest BCUT2D eigenvalue weighted by molar-refractivity contribution is -0.0685. The second-order valence-electron chi connectivity index (χ2n) is 11.0. The van der Waals surface area contributed by atoms with Crippen LogP contribution < -0.4 is 0 Å². The van der Waals surface area contributed by atoms with E-state index in [1.165, 1.54) is 23.3 Å². The van der Waals surface area contributed by atoms with Gasteiger partial charge in [-0.2, -0.15) is 5.10 Å². The van der Waals surface area contributed by atoms with Gasteiger partial charge >= 0.3 is 0 Å². The number of aliphatic hydroxyl groups excluding tert-OH is 2. The zero-order chi connectivity index (χ0) is 21.3. The largest absolute Gasteiger partial charge is 0.393 e. The zero-order valence-corrected chi connectivity index (χ0v) is 19.1. The summed E-state index contributed by atoms with van der Waals surface area (Å²) in [4.78, 5) is 0. The first-order chi connectivity index (χ1) is 14.3. The highest BCUT2D eigenvalue weighted by molar-refractivity contribution is 5.57. The first-order valence-electron chi connectivity index (χ1n) is 12.1. The summed E-state index contributed by atoms with van der Waals surface area (Å²) in [5.74, 6) is 1.88. The molecule has 4 aliphatic rings. The van der Waals surface area contributed by atoms with Gasteiger partial charge in [-0.3, -0.25) is 4.68 Å². The van der Waals surface area contributed by atoms with Gasteiger partial charge in [0.15, 0.2) is 0 Å². The highest BCUT2D eigenvalue weighted by Crippen LogP contribution is 2.65. The zero-order valence-electron chi connectivity index (χ0n) is 19.1. The molecule has 1 aromatic rings. The van der Waals surface area contributed by atoms with Crippen LogP contribution in [0.2, 0.25) is 0 Å². The van der Waals surface area contributed by atoms with Gasteiger partial charge in [-0.1, -0.05) is 25.5 Å². The van der Waals surface area contributed by atoms with Gasteiger partial charge in [-0.25, -0.2) is 0 Å². The van der Waals surface area contributed by atoms with Gasteiger partial charge in [-0.15, -0.1) is 0 Å². The maximum absolute atomic E-state index is 11.4. The van der Waals surface area contributed by atoms with Gasteiger partial charge in [0.05, 0.1) is 18.4 Å². The fourth-order valence-electron chi connectivity index (χ4n) is 7.76. The van der Waals surface area contributed by atoms with E-state index < -0.39 is 0 Å². The van der Waals surface area contributed by atoms with Gasteiger partial charge < -0.3 is 10.2 Å². The van der Waals surface area contributed by atoms with Crippen molar-refractivity contribution < 1.29 is 10.2 Å². The fraction of sp³-hybridized carbons (Fsp3) is 0.731. The Morgan fingerprint density at radius 3 is 2.70 bits per heavy atom. The van der Waals surface area contributed by atoms with Crippen LogP contribution >= 0.6 is 0 Å². The summed E-state index contributed by atoms with van der Waals surface area (Å²) in [6.07, 6.45) is 13.5. The molecule has 5 rings (SSSR count). The van der Waals surface area contributed by atoms with Crippen molar-refractivity contribution in [2.75, 3.05) is 0 Å². The first-order valence-corrected chi connectivity index (χ1v) is 12.1. The van der Waals surface area contributed by atoms with Crippen LogP contribution in [0.1, 0.15) is 77.0 Å². The predicted molar refractivity (Wildman–Crippen MR) is 120 cm³/mol. The Labute approximate surface area is 181 Å². The van der Waals surface area contributed by atoms with Crippen LogP contribution in [0.15, 0.2) is 23.4 Å². The van der Waals surface area contributed by atoms with Crippen molar-refractivity contribution in [2.24, 2.45) is 28.6 Å². The summed E-state index contributed by atoms with van der Waals surface area (Å²) in [6.45, 7) is 9.93. The van der Waals surface area contributed by atoms with Crippen molar-refractivity contribution in [1.82, 2.24) is 9.78 Å². The highest BCUT2D eigenvalue weighted by atomic mass is 16.3. The molecule has 30 heavy (non-hydrogen) atoms. The molecule has 0 saturated heterocycles. The molecule has 2 N–H and O–H groups in total. The average molecular weight is 411 g/mol. The molecule has 0 aromatic carbocycles. The molecule has 0 amide bonds. The molecule has 4 nitrogen and oxygen atoms in total. The van der Waals surface area contributed by atoms with E-state index in [4.69, 9.17) is 0 Å². The Hall–Kier alpha value is -1.39. The number of hydrogen-bond donors (Lipinski definition) is 2. The standard InChI is InChI=1S/C26H38N2O2/c1-5-28-16(2)18(15-27-28)12-17-13-23-21-7-6-19-14-20(29)8-10-25(19,3)22(21)9-11-26(23,4)24(17)30/h6,12,15,20-24,29-30H,5,7-11,13-14H2,1-4H3/b17-12-/t20-,21-,22+,23+,24+,25-,26-/m0/s1. The van der Waals surface area contributed by atoms with Crippen LogP contribution in [-0.4, -0.2) is 32.2 Å². The van der Waals surface area contributed by atoms with Gasteiger partial charge in [0, 0.05) is 23.2 Å². The Balaban J connectivity index is 1.47. The van der Waals surface area contributed by atoms with Crippen molar-refractivity contribution in [1.29, 1.82) is 0 Å². The van der Waals surface area contributed by atoms with Crippen LogP contribution in [0, 0.1) is 35.5 Å². The number of fused-ring (bicyclic) bond motifs is 5. The molecule has 1 aromatic heterocycles. The number of allylic oxidation sites excluding steroid dienone is 1. The SMILES string of the molecule is CCn1ncc(/C=C2/C[C@@H]3[C@H]4CC=C5C[C@@H](O)CC[C@]5(C)[C@@H]4CC[C@]3(C)[C@@H]2O)c1C. The molecule has 3 saturated carbocycles. The van der Waals surface area contributed by atoms with E-state index in [2.05, 4.69) is 44.9 Å². The van der Waals surface area contributed by atoms with Gasteiger partial charge in [-0.05, 0) is 93.6 Å². The molecule has 7 atom stereocenters.